The van der Waals surface area contributed by atoms with Gasteiger partial charge in [0.25, 0.3) is 5.91 Å². The third-order valence-corrected chi connectivity index (χ3v) is 5.07. The molecular weight excluding hydrogens is 440 g/mol. The van der Waals surface area contributed by atoms with Crippen molar-refractivity contribution in [3.8, 4) is 11.5 Å². The van der Waals surface area contributed by atoms with Crippen LogP contribution in [0.3, 0.4) is 0 Å². The molecule has 1 atom stereocenters. The molecule has 0 saturated carbocycles. The number of amides is 3. The van der Waals surface area contributed by atoms with Gasteiger partial charge in [-0.1, -0.05) is 18.2 Å². The van der Waals surface area contributed by atoms with E-state index in [1.54, 1.807) is 18.2 Å². The maximum absolute atomic E-state index is 12.2. The molecule has 0 radical (unpaired) electrons. The molecule has 2 aromatic rings. The summed E-state index contributed by atoms with van der Waals surface area (Å²) in [5.41, 5.74) is 4.44. The molecule has 1 heterocycles. The summed E-state index contributed by atoms with van der Waals surface area (Å²) in [4.78, 5) is 35.9. The summed E-state index contributed by atoms with van der Waals surface area (Å²) >= 11 is 0. The van der Waals surface area contributed by atoms with Crippen LogP contribution in [0.25, 0.3) is 0 Å². The lowest BCUT2D eigenvalue weighted by Crippen LogP contribution is -2.41. The van der Waals surface area contributed by atoms with E-state index < -0.39 is 11.8 Å². The smallest absolute Gasteiger partial charge is 0.329 e. The molecule has 10 heteroatoms. The largest absolute Gasteiger partial charge is 0.493 e. The molecule has 0 aliphatic carbocycles. The molecule has 1 saturated heterocycles. The molecule has 0 spiro atoms. The second-order valence-corrected chi connectivity index (χ2v) is 7.61. The van der Waals surface area contributed by atoms with Crippen molar-refractivity contribution in [1.29, 1.82) is 0 Å². The van der Waals surface area contributed by atoms with E-state index in [0.717, 1.165) is 24.1 Å². The Balaban J connectivity index is 1.48. The van der Waals surface area contributed by atoms with E-state index in [1.165, 1.54) is 13.3 Å². The number of carbonyl (C=O) groups excluding carboxylic acids is 3. The lowest BCUT2D eigenvalue weighted by atomic mass is 10.2. The van der Waals surface area contributed by atoms with Gasteiger partial charge in [0, 0.05) is 18.8 Å². The zero-order valence-corrected chi connectivity index (χ0v) is 19.1. The van der Waals surface area contributed by atoms with E-state index in [-0.39, 0.29) is 25.2 Å². The Bertz CT molecular complexity index is 1050. The van der Waals surface area contributed by atoms with Crippen LogP contribution in [0.1, 0.15) is 24.0 Å². The molecular formula is C24H28N4O6. The zero-order valence-electron chi connectivity index (χ0n) is 19.1. The topological polar surface area (TPSA) is 127 Å². The van der Waals surface area contributed by atoms with Crippen molar-refractivity contribution in [3.63, 3.8) is 0 Å². The third kappa shape index (κ3) is 7.31. The third-order valence-electron chi connectivity index (χ3n) is 5.07. The molecule has 1 aliphatic rings. The normalized spacial score (nSPS) is 15.1. The van der Waals surface area contributed by atoms with Gasteiger partial charge in [-0.15, -0.1) is 0 Å². The van der Waals surface area contributed by atoms with Gasteiger partial charge in [-0.05, 0) is 55.2 Å². The molecule has 3 amide bonds. The second kappa shape index (κ2) is 12.4. The Kier molecular flexibility index (Phi) is 8.98. The molecule has 180 valence electrons. The van der Waals surface area contributed by atoms with Crippen molar-refractivity contribution in [2.75, 3.05) is 32.2 Å². The molecule has 0 aromatic heterocycles. The highest BCUT2D eigenvalue weighted by Gasteiger charge is 2.19. The number of benzene rings is 2. The highest BCUT2D eigenvalue weighted by Crippen LogP contribution is 2.27. The van der Waals surface area contributed by atoms with Crippen molar-refractivity contribution >= 4 is 29.6 Å². The highest BCUT2D eigenvalue weighted by molar-refractivity contribution is 6.35. The summed E-state index contributed by atoms with van der Waals surface area (Å²) in [5, 5.41) is 9.12. The van der Waals surface area contributed by atoms with Crippen LogP contribution in [0, 0.1) is 6.92 Å². The maximum atomic E-state index is 12.2. The number of nitrogens with zero attached hydrogens (tertiary/aromatic N) is 1. The average molecular weight is 469 g/mol. The van der Waals surface area contributed by atoms with Crippen LogP contribution < -0.4 is 25.5 Å². The number of aryl methyl sites for hydroxylation is 1. The molecule has 3 N–H and O–H groups in total. The minimum absolute atomic E-state index is 0.0537. The number of anilines is 1. The van der Waals surface area contributed by atoms with Gasteiger partial charge in [-0.25, -0.2) is 5.43 Å². The van der Waals surface area contributed by atoms with Crippen LogP contribution >= 0.6 is 0 Å². The monoisotopic (exact) mass is 468 g/mol. The predicted octanol–water partition coefficient (Wildman–Crippen LogP) is 1.77. The molecule has 1 aliphatic heterocycles. The van der Waals surface area contributed by atoms with E-state index >= 15 is 0 Å². The Morgan fingerprint density at radius 3 is 2.71 bits per heavy atom. The minimum Gasteiger partial charge on any atom is -0.493 e. The van der Waals surface area contributed by atoms with Gasteiger partial charge in [0.15, 0.2) is 18.1 Å². The molecule has 34 heavy (non-hydrogen) atoms. The number of rotatable bonds is 9. The van der Waals surface area contributed by atoms with E-state index in [9.17, 15) is 14.4 Å². The number of methoxy groups -OCH3 is 1. The van der Waals surface area contributed by atoms with Gasteiger partial charge in [-0.2, -0.15) is 5.10 Å². The quantitative estimate of drug-likeness (QED) is 0.292. The summed E-state index contributed by atoms with van der Waals surface area (Å²) in [6, 6.07) is 12.4. The predicted molar refractivity (Wildman–Crippen MR) is 126 cm³/mol. The van der Waals surface area contributed by atoms with Crippen molar-refractivity contribution in [3.05, 3.63) is 53.6 Å². The van der Waals surface area contributed by atoms with E-state index in [1.807, 2.05) is 31.2 Å². The lowest BCUT2D eigenvalue weighted by Gasteiger charge is -2.12. The number of nitrogens with one attached hydrogen (secondary N) is 3. The van der Waals surface area contributed by atoms with Crippen LogP contribution in [0.15, 0.2) is 47.6 Å². The van der Waals surface area contributed by atoms with Crippen LogP contribution in [0.2, 0.25) is 0 Å². The van der Waals surface area contributed by atoms with Gasteiger partial charge >= 0.3 is 11.8 Å². The van der Waals surface area contributed by atoms with Crippen molar-refractivity contribution in [2.45, 2.75) is 25.9 Å². The first-order valence-electron chi connectivity index (χ1n) is 10.9. The highest BCUT2D eigenvalue weighted by atomic mass is 16.5. The van der Waals surface area contributed by atoms with Crippen LogP contribution in [0.4, 0.5) is 5.69 Å². The molecule has 0 bridgehead atoms. The Morgan fingerprint density at radius 2 is 1.97 bits per heavy atom. The molecule has 2 aromatic carbocycles. The van der Waals surface area contributed by atoms with Crippen LogP contribution in [-0.2, 0) is 19.1 Å². The first kappa shape index (κ1) is 24.7. The van der Waals surface area contributed by atoms with Gasteiger partial charge < -0.3 is 24.8 Å². The molecule has 0 unspecified atom stereocenters. The van der Waals surface area contributed by atoms with Crippen molar-refractivity contribution < 1.29 is 28.6 Å². The fourth-order valence-electron chi connectivity index (χ4n) is 3.23. The standard InChI is InChI=1S/C24H28N4O6/c1-16-6-3-4-8-19(16)27-22(29)15-34-20-10-9-17(12-21(20)32-2)13-26-28-24(31)23(30)25-14-18-7-5-11-33-18/h3-4,6,8-10,12-13,18H,5,7,11,14-15H2,1-2H3,(H,25,30)(H,27,29)(H,28,31)/b26-13-/t18-/m1/s1. The van der Waals surface area contributed by atoms with E-state index in [4.69, 9.17) is 14.2 Å². The second-order valence-electron chi connectivity index (χ2n) is 7.61. The van der Waals surface area contributed by atoms with Crippen LogP contribution in [-0.4, -0.2) is 56.9 Å². The first-order chi connectivity index (χ1) is 16.5. The Morgan fingerprint density at radius 1 is 1.15 bits per heavy atom. The summed E-state index contributed by atoms with van der Waals surface area (Å²) in [5.74, 6) is -1.20. The Hall–Kier alpha value is -3.92. The van der Waals surface area contributed by atoms with Crippen LogP contribution in [0.5, 0.6) is 11.5 Å². The lowest BCUT2D eigenvalue weighted by molar-refractivity contribution is -0.139. The fourth-order valence-corrected chi connectivity index (χ4v) is 3.23. The SMILES string of the molecule is COc1cc(/C=N\NC(=O)C(=O)NC[C@H]2CCCO2)ccc1OCC(=O)Nc1ccccc1C. The molecule has 10 nitrogen and oxygen atoms in total. The number of hydrogen-bond acceptors (Lipinski definition) is 7. The van der Waals surface area contributed by atoms with E-state index in [0.29, 0.717) is 23.7 Å². The van der Waals surface area contributed by atoms with Gasteiger partial charge in [0.1, 0.15) is 0 Å². The Labute approximate surface area is 197 Å². The number of hydrazone groups is 1. The minimum atomic E-state index is -0.874. The fraction of sp³-hybridized carbons (Fsp3) is 0.333. The summed E-state index contributed by atoms with van der Waals surface area (Å²) < 4.78 is 16.3. The summed E-state index contributed by atoms with van der Waals surface area (Å²) in [6.45, 7) is 2.66. The summed E-state index contributed by atoms with van der Waals surface area (Å²) in [7, 11) is 1.47. The zero-order chi connectivity index (χ0) is 24.3. The van der Waals surface area contributed by atoms with Gasteiger partial charge in [-0.3, -0.25) is 14.4 Å². The molecule has 1 fully saturated rings. The number of carbonyl (C=O) groups is 3. The number of hydrogen-bond donors (Lipinski definition) is 3. The average Bonchev–Trinajstić information content (AvgIpc) is 3.36. The number of para-hydroxylation sites is 1. The van der Waals surface area contributed by atoms with Crippen molar-refractivity contribution in [1.82, 2.24) is 10.7 Å². The molecule has 3 rings (SSSR count). The maximum Gasteiger partial charge on any atom is 0.329 e. The van der Waals surface area contributed by atoms with Gasteiger partial charge in [0.2, 0.25) is 0 Å². The van der Waals surface area contributed by atoms with E-state index in [2.05, 4.69) is 21.2 Å². The number of ether oxygens (including phenoxy) is 3. The first-order valence-corrected chi connectivity index (χ1v) is 10.9. The van der Waals surface area contributed by atoms with Crippen molar-refractivity contribution in [2.24, 2.45) is 5.10 Å². The van der Waals surface area contributed by atoms with Gasteiger partial charge in [0.05, 0.1) is 19.4 Å². The summed E-state index contributed by atoms with van der Waals surface area (Å²) in [6.07, 6.45) is 3.12.